The SMILES string of the molecule is Cc1cc(Cl)ccc1C(C/C(=N/O)c1ccc(=O)n(C)c1)c1ccc(NS(C)(=O)=O)cc1. The van der Waals surface area contributed by atoms with E-state index in [9.17, 15) is 18.4 Å². The van der Waals surface area contributed by atoms with Crippen LogP contribution in [0.15, 0.2) is 70.7 Å². The van der Waals surface area contributed by atoms with Gasteiger partial charge in [0, 0.05) is 47.9 Å². The number of anilines is 1. The van der Waals surface area contributed by atoms with E-state index in [1.54, 1.807) is 37.5 Å². The van der Waals surface area contributed by atoms with Gasteiger partial charge in [0.15, 0.2) is 0 Å². The number of hydrogen-bond donors (Lipinski definition) is 2. The smallest absolute Gasteiger partial charge is 0.250 e. The molecule has 0 radical (unpaired) electrons. The lowest BCUT2D eigenvalue weighted by atomic mass is 9.83. The number of aromatic nitrogens is 1. The zero-order valence-electron chi connectivity index (χ0n) is 17.9. The predicted molar refractivity (Wildman–Crippen MR) is 128 cm³/mol. The van der Waals surface area contributed by atoms with Crippen LogP contribution in [-0.2, 0) is 17.1 Å². The number of pyridine rings is 1. The van der Waals surface area contributed by atoms with Crippen LogP contribution in [0.5, 0.6) is 0 Å². The molecule has 2 aromatic carbocycles. The molecule has 0 fully saturated rings. The fraction of sp³-hybridized carbons (Fsp3) is 0.217. The van der Waals surface area contributed by atoms with Gasteiger partial charge in [0.25, 0.3) is 0 Å². The average molecular weight is 474 g/mol. The molecule has 0 bridgehead atoms. The van der Waals surface area contributed by atoms with Crippen molar-refractivity contribution in [3.8, 4) is 0 Å². The first-order valence-corrected chi connectivity index (χ1v) is 12.1. The molecule has 2 N–H and O–H groups in total. The minimum absolute atomic E-state index is 0.162. The van der Waals surface area contributed by atoms with Gasteiger partial charge < -0.3 is 9.77 Å². The van der Waals surface area contributed by atoms with Crippen LogP contribution in [0.2, 0.25) is 5.02 Å². The lowest BCUT2D eigenvalue weighted by molar-refractivity contribution is 0.317. The maximum absolute atomic E-state index is 11.8. The van der Waals surface area contributed by atoms with E-state index >= 15 is 0 Å². The number of nitrogens with one attached hydrogen (secondary N) is 1. The zero-order valence-corrected chi connectivity index (χ0v) is 19.5. The van der Waals surface area contributed by atoms with Crippen molar-refractivity contribution in [2.45, 2.75) is 19.3 Å². The normalized spacial score (nSPS) is 13.1. The Morgan fingerprint density at radius 2 is 1.84 bits per heavy atom. The summed E-state index contributed by atoms with van der Waals surface area (Å²) in [7, 11) is -1.75. The van der Waals surface area contributed by atoms with Crippen molar-refractivity contribution >= 4 is 33.0 Å². The molecule has 0 amide bonds. The highest BCUT2D eigenvalue weighted by Crippen LogP contribution is 2.33. The Hall–Kier alpha value is -3.10. The maximum atomic E-state index is 11.8. The number of oxime groups is 1. The van der Waals surface area contributed by atoms with Gasteiger partial charge in [-0.15, -0.1) is 0 Å². The van der Waals surface area contributed by atoms with Gasteiger partial charge in [-0.3, -0.25) is 9.52 Å². The van der Waals surface area contributed by atoms with E-state index < -0.39 is 10.0 Å². The van der Waals surface area contributed by atoms with Crippen molar-refractivity contribution in [3.05, 3.63) is 98.4 Å². The molecule has 3 rings (SSSR count). The predicted octanol–water partition coefficient (Wildman–Crippen LogP) is 4.12. The standard InChI is InChI=1S/C23H24ClN3O4S/c1-15-12-18(24)7-10-20(15)21(16-4-8-19(9-5-16)26-32(3,30)31)13-22(25-29)17-6-11-23(28)27(2)14-17/h4-12,14,21,26,29H,13H2,1-3H3/b25-22-. The summed E-state index contributed by atoms with van der Waals surface area (Å²) in [4.78, 5) is 11.8. The summed E-state index contributed by atoms with van der Waals surface area (Å²) in [6, 6.07) is 15.7. The molecule has 1 aromatic heterocycles. The summed E-state index contributed by atoms with van der Waals surface area (Å²) in [6.45, 7) is 1.95. The van der Waals surface area contributed by atoms with Gasteiger partial charge in [-0.1, -0.05) is 35.0 Å². The molecule has 1 unspecified atom stereocenters. The van der Waals surface area contributed by atoms with Gasteiger partial charge in [0.05, 0.1) is 12.0 Å². The van der Waals surface area contributed by atoms with Crippen molar-refractivity contribution in [2.75, 3.05) is 11.0 Å². The van der Waals surface area contributed by atoms with Crippen LogP contribution in [0, 0.1) is 6.92 Å². The van der Waals surface area contributed by atoms with Crippen molar-refractivity contribution < 1.29 is 13.6 Å². The second kappa shape index (κ2) is 9.58. The van der Waals surface area contributed by atoms with Gasteiger partial charge in [0.2, 0.25) is 15.6 Å². The summed E-state index contributed by atoms with van der Waals surface area (Å²) < 4.78 is 26.9. The van der Waals surface area contributed by atoms with Gasteiger partial charge in [0.1, 0.15) is 0 Å². The number of nitrogens with zero attached hydrogens (tertiary/aromatic N) is 2. The lowest BCUT2D eigenvalue weighted by Crippen LogP contribution is -2.18. The highest BCUT2D eigenvalue weighted by Gasteiger charge is 2.21. The van der Waals surface area contributed by atoms with Gasteiger partial charge in [-0.25, -0.2) is 8.42 Å². The van der Waals surface area contributed by atoms with E-state index in [0.717, 1.165) is 22.9 Å². The number of benzene rings is 2. The molecule has 32 heavy (non-hydrogen) atoms. The molecule has 1 heterocycles. The number of rotatable bonds is 7. The first-order valence-electron chi connectivity index (χ1n) is 9.79. The van der Waals surface area contributed by atoms with E-state index in [0.29, 0.717) is 28.4 Å². The molecular formula is C23H24ClN3O4S. The summed E-state index contributed by atoms with van der Waals surface area (Å²) in [6.07, 6.45) is 3.07. The van der Waals surface area contributed by atoms with E-state index in [1.165, 1.54) is 10.6 Å². The fourth-order valence-electron chi connectivity index (χ4n) is 3.61. The third-order valence-corrected chi connectivity index (χ3v) is 6.00. The molecule has 0 aliphatic rings. The minimum Gasteiger partial charge on any atom is -0.411 e. The first-order chi connectivity index (χ1) is 15.1. The molecular weight excluding hydrogens is 450 g/mol. The summed E-state index contributed by atoms with van der Waals surface area (Å²) in [5.74, 6) is -0.206. The van der Waals surface area contributed by atoms with Gasteiger partial charge in [-0.2, -0.15) is 0 Å². The second-order valence-corrected chi connectivity index (χ2v) is 9.85. The fourth-order valence-corrected chi connectivity index (χ4v) is 4.40. The molecule has 0 spiro atoms. The van der Waals surface area contributed by atoms with Crippen LogP contribution >= 0.6 is 11.6 Å². The molecule has 7 nitrogen and oxygen atoms in total. The van der Waals surface area contributed by atoms with Crippen LogP contribution in [0.25, 0.3) is 0 Å². The van der Waals surface area contributed by atoms with Gasteiger partial charge in [-0.05, 0) is 53.9 Å². The Bertz CT molecular complexity index is 1320. The highest BCUT2D eigenvalue weighted by molar-refractivity contribution is 7.92. The first kappa shape index (κ1) is 23.6. The third kappa shape index (κ3) is 5.77. The number of aryl methyl sites for hydroxylation is 2. The summed E-state index contributed by atoms with van der Waals surface area (Å²) >= 11 is 6.15. The number of hydrogen-bond acceptors (Lipinski definition) is 5. The maximum Gasteiger partial charge on any atom is 0.250 e. The van der Waals surface area contributed by atoms with Gasteiger partial charge >= 0.3 is 0 Å². The van der Waals surface area contributed by atoms with E-state index in [4.69, 9.17) is 11.6 Å². The van der Waals surface area contributed by atoms with Crippen molar-refractivity contribution in [3.63, 3.8) is 0 Å². The molecule has 9 heteroatoms. The van der Waals surface area contributed by atoms with Crippen LogP contribution in [-0.4, -0.2) is 30.2 Å². The second-order valence-electron chi connectivity index (χ2n) is 7.67. The van der Waals surface area contributed by atoms with Crippen LogP contribution in [0.3, 0.4) is 0 Å². The molecule has 0 aliphatic heterocycles. The molecule has 0 saturated carbocycles. The van der Waals surface area contributed by atoms with Crippen molar-refractivity contribution in [2.24, 2.45) is 12.2 Å². The molecule has 0 aliphatic carbocycles. The Morgan fingerprint density at radius 1 is 1.16 bits per heavy atom. The minimum atomic E-state index is -3.39. The quantitative estimate of drug-likeness (QED) is 0.306. The van der Waals surface area contributed by atoms with Crippen LogP contribution in [0.1, 0.15) is 34.6 Å². The molecule has 3 aromatic rings. The topological polar surface area (TPSA) is 101 Å². The monoisotopic (exact) mass is 473 g/mol. The zero-order chi connectivity index (χ0) is 23.5. The Morgan fingerprint density at radius 3 is 2.41 bits per heavy atom. The number of sulfonamides is 1. The molecule has 0 saturated heterocycles. The van der Waals surface area contributed by atoms with Crippen LogP contribution < -0.4 is 10.3 Å². The third-order valence-electron chi connectivity index (χ3n) is 5.16. The molecule has 1 atom stereocenters. The van der Waals surface area contributed by atoms with E-state index in [1.807, 2.05) is 31.2 Å². The largest absolute Gasteiger partial charge is 0.411 e. The summed E-state index contributed by atoms with van der Waals surface area (Å²) in [5.41, 5.74) is 4.20. The number of halogens is 1. The average Bonchev–Trinajstić information content (AvgIpc) is 2.71. The Balaban J connectivity index is 2.04. The highest BCUT2D eigenvalue weighted by atomic mass is 35.5. The Kier molecular flexibility index (Phi) is 7.06. The van der Waals surface area contributed by atoms with E-state index in [2.05, 4.69) is 9.88 Å². The van der Waals surface area contributed by atoms with Crippen LogP contribution in [0.4, 0.5) is 5.69 Å². The lowest BCUT2D eigenvalue weighted by Gasteiger charge is -2.21. The van der Waals surface area contributed by atoms with Crippen molar-refractivity contribution in [1.29, 1.82) is 0 Å². The Labute approximate surface area is 192 Å². The summed E-state index contributed by atoms with van der Waals surface area (Å²) in [5, 5.41) is 13.9. The van der Waals surface area contributed by atoms with E-state index in [-0.39, 0.29) is 11.5 Å². The van der Waals surface area contributed by atoms with Crippen molar-refractivity contribution in [1.82, 2.24) is 4.57 Å². The molecule has 168 valence electrons.